The molecule has 116 valence electrons. The third-order valence-electron chi connectivity index (χ3n) is 4.44. The molecule has 1 atom stereocenters. The van der Waals surface area contributed by atoms with E-state index in [4.69, 9.17) is 5.10 Å². The second-order valence-corrected chi connectivity index (χ2v) is 6.09. The molecule has 3 aromatic rings. The summed E-state index contributed by atoms with van der Waals surface area (Å²) in [5.41, 5.74) is 3.07. The summed E-state index contributed by atoms with van der Waals surface area (Å²) in [5, 5.41) is 15.7. The van der Waals surface area contributed by atoms with Gasteiger partial charge in [0, 0.05) is 11.5 Å². The van der Waals surface area contributed by atoms with E-state index in [1.165, 1.54) is 5.56 Å². The van der Waals surface area contributed by atoms with Gasteiger partial charge in [-0.2, -0.15) is 0 Å². The molecule has 0 bridgehead atoms. The Balaban J connectivity index is 1.85. The Kier molecular flexibility index (Phi) is 3.46. The molecule has 0 fully saturated rings. The molecule has 23 heavy (non-hydrogen) atoms. The quantitative estimate of drug-likeness (QED) is 0.756. The van der Waals surface area contributed by atoms with Crippen LogP contribution in [0.15, 0.2) is 54.6 Å². The number of aromatic nitrogens is 3. The van der Waals surface area contributed by atoms with Gasteiger partial charge in [-0.1, -0.05) is 52.7 Å². The van der Waals surface area contributed by atoms with E-state index < -0.39 is 6.10 Å². The molecule has 1 N–H and O–H groups in total. The number of aliphatic hydroxyl groups excluding tert-OH is 1. The van der Waals surface area contributed by atoms with Gasteiger partial charge in [0.1, 0.15) is 5.69 Å². The SMILES string of the molecule is Cc1ccc([C@@H](O)c2n(-c3ccccc3)nc3[n+]2CCC3)cc1. The van der Waals surface area contributed by atoms with E-state index in [9.17, 15) is 5.11 Å². The fourth-order valence-electron chi connectivity index (χ4n) is 3.21. The van der Waals surface area contributed by atoms with Gasteiger partial charge in [0.05, 0.1) is 6.54 Å². The molecule has 2 aromatic carbocycles. The van der Waals surface area contributed by atoms with Crippen LogP contribution in [0.5, 0.6) is 0 Å². The first-order chi connectivity index (χ1) is 11.2. The van der Waals surface area contributed by atoms with Crippen molar-refractivity contribution in [1.82, 2.24) is 9.78 Å². The molecule has 2 heterocycles. The minimum Gasteiger partial charge on any atom is -0.377 e. The Labute approximate surface area is 135 Å². The lowest BCUT2D eigenvalue weighted by molar-refractivity contribution is -0.701. The summed E-state index contributed by atoms with van der Waals surface area (Å²) in [6.07, 6.45) is 1.37. The van der Waals surface area contributed by atoms with Crippen molar-refractivity contribution in [3.05, 3.63) is 77.4 Å². The minimum atomic E-state index is -0.685. The molecule has 4 heteroatoms. The first-order valence-corrected chi connectivity index (χ1v) is 8.06. The highest BCUT2D eigenvalue weighted by atomic mass is 16.3. The monoisotopic (exact) mass is 306 g/mol. The fraction of sp³-hybridized carbons (Fsp3) is 0.263. The van der Waals surface area contributed by atoms with Crippen LogP contribution in [0, 0.1) is 6.92 Å². The minimum absolute atomic E-state index is 0.685. The Morgan fingerprint density at radius 3 is 2.57 bits per heavy atom. The zero-order valence-electron chi connectivity index (χ0n) is 13.2. The van der Waals surface area contributed by atoms with Gasteiger partial charge in [0.2, 0.25) is 0 Å². The summed E-state index contributed by atoms with van der Waals surface area (Å²) < 4.78 is 4.05. The summed E-state index contributed by atoms with van der Waals surface area (Å²) in [6, 6.07) is 18.1. The number of hydrogen-bond acceptors (Lipinski definition) is 2. The summed E-state index contributed by atoms with van der Waals surface area (Å²) in [4.78, 5) is 0. The van der Waals surface area contributed by atoms with E-state index in [0.29, 0.717) is 0 Å². The largest absolute Gasteiger partial charge is 0.377 e. The van der Waals surface area contributed by atoms with Crippen LogP contribution in [0.4, 0.5) is 0 Å². The molecule has 4 rings (SSSR count). The average molecular weight is 306 g/mol. The molecule has 0 saturated carbocycles. The van der Waals surface area contributed by atoms with Crippen molar-refractivity contribution in [2.75, 3.05) is 0 Å². The maximum Gasteiger partial charge on any atom is 0.278 e. The standard InChI is InChI=1S/C19H20N3O/c1-14-9-11-15(12-10-14)18(23)19-21-13-5-8-17(21)20-22(19)16-6-3-2-4-7-16/h2-4,6-7,9-12,18,23H,5,8,13H2,1H3/q+1/t18-/m1/s1. The number of aliphatic hydroxyl groups is 1. The normalized spacial score (nSPS) is 14.7. The number of rotatable bonds is 3. The van der Waals surface area contributed by atoms with Crippen LogP contribution in [-0.2, 0) is 13.0 Å². The molecular formula is C19H20N3O+. The lowest BCUT2D eigenvalue weighted by Crippen LogP contribution is -2.38. The van der Waals surface area contributed by atoms with E-state index >= 15 is 0 Å². The molecule has 0 radical (unpaired) electrons. The van der Waals surface area contributed by atoms with Gasteiger partial charge in [0.15, 0.2) is 6.10 Å². The van der Waals surface area contributed by atoms with E-state index in [2.05, 4.69) is 11.5 Å². The van der Waals surface area contributed by atoms with E-state index in [0.717, 1.165) is 42.3 Å². The van der Waals surface area contributed by atoms with Crippen LogP contribution < -0.4 is 4.57 Å². The summed E-state index contributed by atoms with van der Waals surface area (Å²) >= 11 is 0. The molecule has 0 saturated heterocycles. The lowest BCUT2D eigenvalue weighted by atomic mass is 10.1. The van der Waals surface area contributed by atoms with Crippen molar-refractivity contribution in [3.8, 4) is 5.69 Å². The topological polar surface area (TPSA) is 41.9 Å². The predicted octanol–water partition coefficient (Wildman–Crippen LogP) is 2.50. The van der Waals surface area contributed by atoms with Crippen LogP contribution in [-0.4, -0.2) is 14.9 Å². The Morgan fingerprint density at radius 1 is 1.09 bits per heavy atom. The maximum atomic E-state index is 11.0. The molecule has 1 aliphatic rings. The van der Waals surface area contributed by atoms with Crippen molar-refractivity contribution >= 4 is 0 Å². The lowest BCUT2D eigenvalue weighted by Gasteiger charge is -2.10. The zero-order valence-corrected chi connectivity index (χ0v) is 13.2. The number of aryl methyl sites for hydroxylation is 2. The van der Waals surface area contributed by atoms with Gasteiger partial charge in [-0.05, 0) is 31.0 Å². The van der Waals surface area contributed by atoms with Gasteiger partial charge >= 0.3 is 0 Å². The summed E-state index contributed by atoms with van der Waals surface area (Å²) in [7, 11) is 0. The Bertz CT molecular complexity index is 822. The van der Waals surface area contributed by atoms with Gasteiger partial charge < -0.3 is 5.11 Å². The highest BCUT2D eigenvalue weighted by Crippen LogP contribution is 2.24. The van der Waals surface area contributed by atoms with E-state index in [-0.39, 0.29) is 0 Å². The molecule has 0 aliphatic carbocycles. The summed E-state index contributed by atoms with van der Waals surface area (Å²) in [6.45, 7) is 2.97. The summed E-state index contributed by atoms with van der Waals surface area (Å²) in [5.74, 6) is 1.89. The second-order valence-electron chi connectivity index (χ2n) is 6.09. The average Bonchev–Trinajstić information content (AvgIpc) is 3.16. The molecule has 0 unspecified atom stereocenters. The Morgan fingerprint density at radius 2 is 1.83 bits per heavy atom. The van der Waals surface area contributed by atoms with Gasteiger partial charge in [0.25, 0.3) is 11.6 Å². The number of nitrogens with zero attached hydrogens (tertiary/aromatic N) is 3. The van der Waals surface area contributed by atoms with Crippen LogP contribution in [0.25, 0.3) is 5.69 Å². The molecule has 0 spiro atoms. The fourth-order valence-corrected chi connectivity index (χ4v) is 3.21. The first kappa shape index (κ1) is 14.2. The van der Waals surface area contributed by atoms with Crippen molar-refractivity contribution in [3.63, 3.8) is 0 Å². The van der Waals surface area contributed by atoms with Gasteiger partial charge in [-0.15, -0.1) is 0 Å². The van der Waals surface area contributed by atoms with Crippen LogP contribution in [0.1, 0.15) is 35.3 Å². The maximum absolute atomic E-state index is 11.0. The van der Waals surface area contributed by atoms with E-state index in [1.807, 2.05) is 59.3 Å². The van der Waals surface area contributed by atoms with Crippen LogP contribution in [0.3, 0.4) is 0 Å². The molecule has 1 aromatic heterocycles. The number of hydrogen-bond donors (Lipinski definition) is 1. The molecule has 0 amide bonds. The highest BCUT2D eigenvalue weighted by Gasteiger charge is 2.35. The smallest absolute Gasteiger partial charge is 0.278 e. The van der Waals surface area contributed by atoms with E-state index in [1.54, 1.807) is 0 Å². The molecule has 4 nitrogen and oxygen atoms in total. The van der Waals surface area contributed by atoms with Crippen molar-refractivity contribution in [2.45, 2.75) is 32.4 Å². The van der Waals surface area contributed by atoms with Gasteiger partial charge in [-0.25, -0.2) is 4.57 Å². The van der Waals surface area contributed by atoms with Crippen molar-refractivity contribution in [2.24, 2.45) is 0 Å². The predicted molar refractivity (Wildman–Crippen MR) is 87.3 cm³/mol. The molecular weight excluding hydrogens is 286 g/mol. The zero-order chi connectivity index (χ0) is 15.8. The van der Waals surface area contributed by atoms with Gasteiger partial charge in [-0.3, -0.25) is 0 Å². The number of benzene rings is 2. The van der Waals surface area contributed by atoms with Crippen molar-refractivity contribution in [1.29, 1.82) is 0 Å². The van der Waals surface area contributed by atoms with Crippen molar-refractivity contribution < 1.29 is 9.67 Å². The molecule has 1 aliphatic heterocycles. The first-order valence-electron chi connectivity index (χ1n) is 8.06. The number of para-hydroxylation sites is 1. The highest BCUT2D eigenvalue weighted by molar-refractivity contribution is 5.33. The second kappa shape index (κ2) is 5.63. The van der Waals surface area contributed by atoms with Crippen LogP contribution >= 0.6 is 0 Å². The number of fused-ring (bicyclic) bond motifs is 1. The third-order valence-corrected chi connectivity index (χ3v) is 4.44. The van der Waals surface area contributed by atoms with Crippen LogP contribution in [0.2, 0.25) is 0 Å². The third kappa shape index (κ3) is 2.45. The Hall–Kier alpha value is -2.46.